The van der Waals surface area contributed by atoms with E-state index in [2.05, 4.69) is 28.0 Å². The highest BCUT2D eigenvalue weighted by Gasteiger charge is 2.33. The first-order valence-electron chi connectivity index (χ1n) is 6.93. The third-order valence-electron chi connectivity index (χ3n) is 3.72. The summed E-state index contributed by atoms with van der Waals surface area (Å²) in [5.74, 6) is 0. The molecule has 0 aliphatic carbocycles. The van der Waals surface area contributed by atoms with Crippen LogP contribution in [0.25, 0.3) is 0 Å². The van der Waals surface area contributed by atoms with Crippen molar-refractivity contribution in [2.75, 3.05) is 6.61 Å². The molecule has 19 heavy (non-hydrogen) atoms. The molecule has 0 aliphatic rings. The molecule has 2 unspecified atom stereocenters. The van der Waals surface area contributed by atoms with Crippen molar-refractivity contribution in [3.05, 3.63) is 15.9 Å². The summed E-state index contributed by atoms with van der Waals surface area (Å²) >= 11 is 3.56. The van der Waals surface area contributed by atoms with E-state index in [-0.39, 0.29) is 0 Å². The van der Waals surface area contributed by atoms with Crippen molar-refractivity contribution in [2.45, 2.75) is 65.7 Å². The second-order valence-corrected chi connectivity index (χ2v) is 5.77. The largest absolute Gasteiger partial charge is 0.390 e. The normalized spacial score (nSPS) is 16.4. The smallest absolute Gasteiger partial charge is 0.0913 e. The fourth-order valence-electron chi connectivity index (χ4n) is 2.23. The van der Waals surface area contributed by atoms with Crippen molar-refractivity contribution in [3.63, 3.8) is 0 Å². The molecule has 0 spiro atoms. The van der Waals surface area contributed by atoms with E-state index in [0.717, 1.165) is 28.8 Å². The first kappa shape index (κ1) is 16.7. The minimum atomic E-state index is -0.546. The Labute approximate surface area is 124 Å². The van der Waals surface area contributed by atoms with E-state index in [1.807, 2.05) is 32.4 Å². The fourth-order valence-corrected chi connectivity index (χ4v) is 2.67. The Kier molecular flexibility index (Phi) is 6.02. The number of rotatable bonds is 7. The Morgan fingerprint density at radius 2 is 2.05 bits per heavy atom. The Hall–Kier alpha value is -0.390. The molecule has 1 aromatic rings. The van der Waals surface area contributed by atoms with Gasteiger partial charge in [-0.05, 0) is 50.0 Å². The zero-order valence-electron chi connectivity index (χ0n) is 12.5. The molecule has 0 aromatic carbocycles. The predicted octanol–water partition coefficient (Wildman–Crippen LogP) is 3.08. The van der Waals surface area contributed by atoms with E-state index < -0.39 is 11.7 Å². The molecule has 1 heterocycles. The van der Waals surface area contributed by atoms with Crippen LogP contribution in [-0.2, 0) is 17.7 Å². The molecule has 0 saturated carbocycles. The zero-order chi connectivity index (χ0) is 14.6. The van der Waals surface area contributed by atoms with Crippen molar-refractivity contribution in [3.8, 4) is 0 Å². The van der Waals surface area contributed by atoms with E-state index >= 15 is 0 Å². The Bertz CT molecular complexity index is 420. The summed E-state index contributed by atoms with van der Waals surface area (Å²) in [5.41, 5.74) is 1.48. The van der Waals surface area contributed by atoms with Crippen LogP contribution in [0.1, 0.15) is 45.5 Å². The summed E-state index contributed by atoms with van der Waals surface area (Å²) in [6.07, 6.45) is 0.772. The third kappa shape index (κ3) is 3.58. The average Bonchev–Trinajstić information content (AvgIpc) is 2.66. The van der Waals surface area contributed by atoms with Crippen molar-refractivity contribution in [2.24, 2.45) is 0 Å². The van der Waals surface area contributed by atoms with Crippen LogP contribution in [0.15, 0.2) is 4.47 Å². The number of aliphatic hydroxyl groups excluding tert-OH is 1. The number of halogens is 1. The highest BCUT2D eigenvalue weighted by Crippen LogP contribution is 2.27. The van der Waals surface area contributed by atoms with Gasteiger partial charge in [0, 0.05) is 19.6 Å². The monoisotopic (exact) mass is 332 g/mol. The molecule has 0 aliphatic heterocycles. The number of nitrogens with zero attached hydrogens (tertiary/aromatic N) is 2. The molecule has 0 radical (unpaired) electrons. The molecule has 5 heteroatoms. The van der Waals surface area contributed by atoms with Gasteiger partial charge in [0.25, 0.3) is 0 Å². The number of hydrogen-bond acceptors (Lipinski definition) is 3. The van der Waals surface area contributed by atoms with Crippen molar-refractivity contribution >= 4 is 15.9 Å². The SMILES string of the molecule is CCOC(C)(CC)C(O)Cc1c(Br)c(C)nn1CC. The van der Waals surface area contributed by atoms with Crippen LogP contribution in [-0.4, -0.2) is 33.2 Å². The van der Waals surface area contributed by atoms with E-state index in [0.29, 0.717) is 13.0 Å². The molecule has 2 atom stereocenters. The molecular weight excluding hydrogens is 308 g/mol. The second kappa shape index (κ2) is 6.86. The molecule has 0 amide bonds. The minimum absolute atomic E-state index is 0.509. The standard InChI is InChI=1S/C14H25BrN2O2/c1-6-14(5,19-8-3)12(18)9-11-13(15)10(4)16-17(11)7-2/h12,18H,6-9H2,1-5H3. The van der Waals surface area contributed by atoms with Crippen LogP contribution >= 0.6 is 15.9 Å². The summed E-state index contributed by atoms with van der Waals surface area (Å²) in [5, 5.41) is 15.0. The second-order valence-electron chi connectivity index (χ2n) is 4.98. The summed E-state index contributed by atoms with van der Waals surface area (Å²) < 4.78 is 8.66. The maximum absolute atomic E-state index is 10.5. The van der Waals surface area contributed by atoms with Gasteiger partial charge in [0.15, 0.2) is 0 Å². The zero-order valence-corrected chi connectivity index (χ0v) is 14.1. The predicted molar refractivity (Wildman–Crippen MR) is 80.4 cm³/mol. The molecule has 1 aromatic heterocycles. The van der Waals surface area contributed by atoms with Gasteiger partial charge in [0.05, 0.1) is 27.6 Å². The molecule has 4 nitrogen and oxygen atoms in total. The van der Waals surface area contributed by atoms with Gasteiger partial charge in [-0.15, -0.1) is 0 Å². The van der Waals surface area contributed by atoms with Gasteiger partial charge in [-0.25, -0.2) is 0 Å². The van der Waals surface area contributed by atoms with Gasteiger partial charge in [0.1, 0.15) is 0 Å². The van der Waals surface area contributed by atoms with Gasteiger partial charge in [-0.2, -0.15) is 5.10 Å². The van der Waals surface area contributed by atoms with Gasteiger partial charge in [0.2, 0.25) is 0 Å². The number of aryl methyl sites for hydroxylation is 2. The van der Waals surface area contributed by atoms with Crippen LogP contribution in [0.5, 0.6) is 0 Å². The Morgan fingerprint density at radius 1 is 1.42 bits per heavy atom. The van der Waals surface area contributed by atoms with Crippen LogP contribution in [0, 0.1) is 6.92 Å². The third-order valence-corrected chi connectivity index (χ3v) is 4.75. The lowest BCUT2D eigenvalue weighted by molar-refractivity contribution is -0.110. The van der Waals surface area contributed by atoms with Gasteiger partial charge < -0.3 is 9.84 Å². The highest BCUT2D eigenvalue weighted by molar-refractivity contribution is 9.10. The van der Waals surface area contributed by atoms with Gasteiger partial charge in [-0.3, -0.25) is 4.68 Å². The molecule has 1 rings (SSSR count). The van der Waals surface area contributed by atoms with Crippen molar-refractivity contribution in [1.82, 2.24) is 9.78 Å². The Balaban J connectivity index is 2.95. The number of hydrogen-bond donors (Lipinski definition) is 1. The maximum atomic E-state index is 10.5. The van der Waals surface area contributed by atoms with E-state index in [1.165, 1.54) is 0 Å². The first-order valence-corrected chi connectivity index (χ1v) is 7.72. The molecule has 1 N–H and O–H groups in total. The fraction of sp³-hybridized carbons (Fsp3) is 0.786. The molecule has 0 saturated heterocycles. The van der Waals surface area contributed by atoms with E-state index in [1.54, 1.807) is 0 Å². The Morgan fingerprint density at radius 3 is 2.53 bits per heavy atom. The lowest BCUT2D eigenvalue weighted by Crippen LogP contribution is -2.43. The summed E-state index contributed by atoms with van der Waals surface area (Å²) in [6, 6.07) is 0. The maximum Gasteiger partial charge on any atom is 0.0913 e. The number of aromatic nitrogens is 2. The van der Waals surface area contributed by atoms with Crippen LogP contribution in [0.4, 0.5) is 0 Å². The average molecular weight is 333 g/mol. The van der Waals surface area contributed by atoms with Crippen LogP contribution < -0.4 is 0 Å². The van der Waals surface area contributed by atoms with Crippen molar-refractivity contribution < 1.29 is 9.84 Å². The lowest BCUT2D eigenvalue weighted by Gasteiger charge is -2.33. The molecular formula is C14H25BrN2O2. The summed E-state index contributed by atoms with van der Waals surface area (Å²) in [6.45, 7) is 11.4. The summed E-state index contributed by atoms with van der Waals surface area (Å²) in [7, 11) is 0. The van der Waals surface area contributed by atoms with Crippen LogP contribution in [0.3, 0.4) is 0 Å². The van der Waals surface area contributed by atoms with Crippen molar-refractivity contribution in [1.29, 1.82) is 0 Å². The lowest BCUT2D eigenvalue weighted by atomic mass is 9.92. The van der Waals surface area contributed by atoms with Gasteiger partial charge in [-0.1, -0.05) is 6.92 Å². The molecule has 0 fully saturated rings. The van der Waals surface area contributed by atoms with Gasteiger partial charge >= 0.3 is 0 Å². The van der Waals surface area contributed by atoms with Crippen LogP contribution in [0.2, 0.25) is 0 Å². The number of aliphatic hydroxyl groups is 1. The number of ether oxygens (including phenoxy) is 1. The quantitative estimate of drug-likeness (QED) is 0.834. The minimum Gasteiger partial charge on any atom is -0.390 e. The molecule has 0 bridgehead atoms. The van der Waals surface area contributed by atoms with E-state index in [9.17, 15) is 5.11 Å². The van der Waals surface area contributed by atoms with E-state index in [4.69, 9.17) is 4.74 Å². The summed E-state index contributed by atoms with van der Waals surface area (Å²) in [4.78, 5) is 0. The molecule has 110 valence electrons. The first-order chi connectivity index (χ1) is 8.89. The highest BCUT2D eigenvalue weighted by atomic mass is 79.9. The topological polar surface area (TPSA) is 47.3 Å².